The van der Waals surface area contributed by atoms with Crippen LogP contribution in [0.2, 0.25) is 0 Å². The van der Waals surface area contributed by atoms with Gasteiger partial charge in [-0.2, -0.15) is 0 Å². The van der Waals surface area contributed by atoms with Gasteiger partial charge in [0.1, 0.15) is 6.04 Å². The molecule has 0 aliphatic heterocycles. The lowest BCUT2D eigenvalue weighted by Crippen LogP contribution is -2.53. The number of carbonyl (C=O) groups is 2. The molecule has 2 amide bonds. The van der Waals surface area contributed by atoms with E-state index < -0.39 is 21.6 Å². The van der Waals surface area contributed by atoms with Crippen molar-refractivity contribution in [3.05, 3.63) is 65.2 Å². The molecular weight excluding hydrogens is 474 g/mol. The summed E-state index contributed by atoms with van der Waals surface area (Å²) in [6.45, 7) is 12.0. The van der Waals surface area contributed by atoms with Gasteiger partial charge >= 0.3 is 0 Å². The number of amides is 2. The van der Waals surface area contributed by atoms with Crippen LogP contribution in [0.1, 0.15) is 63.6 Å². The van der Waals surface area contributed by atoms with Crippen molar-refractivity contribution in [3.8, 4) is 0 Å². The molecule has 0 aliphatic rings. The van der Waals surface area contributed by atoms with Crippen molar-refractivity contribution in [1.82, 2.24) is 10.2 Å². The van der Waals surface area contributed by atoms with Gasteiger partial charge in [-0.05, 0) is 65.2 Å². The van der Waals surface area contributed by atoms with E-state index in [1.165, 1.54) is 10.6 Å². The standard InChI is InChI=1S/C28H41N3O4S/c1-8-25(27(33)29-28(4,5)6)30(20-23-12-9-11-22(3)19-23)26(32)13-10-18-31(36(7,34)35)24-16-14-21(2)15-17-24/h9,11-12,14-17,19,25H,8,10,13,18,20H2,1-7H3,(H,29,33)/t25-/m1/s1. The molecule has 0 heterocycles. The maximum Gasteiger partial charge on any atom is 0.243 e. The highest BCUT2D eigenvalue weighted by atomic mass is 32.2. The largest absolute Gasteiger partial charge is 0.350 e. The summed E-state index contributed by atoms with van der Waals surface area (Å²) in [5.74, 6) is -0.367. The summed E-state index contributed by atoms with van der Waals surface area (Å²) in [5.41, 5.74) is 3.21. The fraction of sp³-hybridized carbons (Fsp3) is 0.500. The molecule has 0 aromatic heterocycles. The van der Waals surface area contributed by atoms with E-state index in [9.17, 15) is 18.0 Å². The summed E-state index contributed by atoms with van der Waals surface area (Å²) >= 11 is 0. The highest BCUT2D eigenvalue weighted by Crippen LogP contribution is 2.20. The number of nitrogens with zero attached hydrogens (tertiary/aromatic N) is 2. The van der Waals surface area contributed by atoms with Crippen LogP contribution in [0.15, 0.2) is 48.5 Å². The van der Waals surface area contributed by atoms with Crippen LogP contribution in [0.3, 0.4) is 0 Å². The predicted molar refractivity (Wildman–Crippen MR) is 146 cm³/mol. The zero-order chi connectivity index (χ0) is 27.1. The summed E-state index contributed by atoms with van der Waals surface area (Å²) in [6, 6.07) is 14.5. The van der Waals surface area contributed by atoms with Gasteiger partial charge < -0.3 is 10.2 Å². The number of benzene rings is 2. The quantitative estimate of drug-likeness (QED) is 0.475. The number of aryl methyl sites for hydroxylation is 2. The second-order valence-corrected chi connectivity index (χ2v) is 12.4. The summed E-state index contributed by atoms with van der Waals surface area (Å²) in [7, 11) is -3.51. The highest BCUT2D eigenvalue weighted by molar-refractivity contribution is 7.92. The molecule has 198 valence electrons. The number of hydrogen-bond acceptors (Lipinski definition) is 4. The summed E-state index contributed by atoms with van der Waals surface area (Å²) < 4.78 is 26.2. The zero-order valence-electron chi connectivity index (χ0n) is 22.7. The zero-order valence-corrected chi connectivity index (χ0v) is 23.5. The molecule has 2 aromatic carbocycles. The van der Waals surface area contributed by atoms with Crippen LogP contribution in [0.5, 0.6) is 0 Å². The van der Waals surface area contributed by atoms with E-state index in [2.05, 4.69) is 5.32 Å². The second kappa shape index (κ2) is 12.4. The van der Waals surface area contributed by atoms with Crippen LogP contribution in [-0.4, -0.2) is 49.5 Å². The van der Waals surface area contributed by atoms with Gasteiger partial charge in [-0.25, -0.2) is 8.42 Å². The number of hydrogen-bond donors (Lipinski definition) is 1. The van der Waals surface area contributed by atoms with E-state index in [-0.39, 0.29) is 24.8 Å². The fourth-order valence-corrected chi connectivity index (χ4v) is 5.06. The lowest BCUT2D eigenvalue weighted by atomic mass is 10.0. The van der Waals surface area contributed by atoms with Gasteiger partial charge in [0.15, 0.2) is 0 Å². The van der Waals surface area contributed by atoms with E-state index in [1.54, 1.807) is 17.0 Å². The molecule has 0 spiro atoms. The van der Waals surface area contributed by atoms with E-state index >= 15 is 0 Å². The molecule has 7 nitrogen and oxygen atoms in total. The topological polar surface area (TPSA) is 86.8 Å². The molecule has 36 heavy (non-hydrogen) atoms. The normalized spacial score (nSPS) is 12.6. The molecule has 0 saturated carbocycles. The lowest BCUT2D eigenvalue weighted by Gasteiger charge is -2.33. The van der Waals surface area contributed by atoms with Crippen molar-refractivity contribution < 1.29 is 18.0 Å². The molecule has 0 aliphatic carbocycles. The third kappa shape index (κ3) is 8.97. The van der Waals surface area contributed by atoms with Crippen LogP contribution in [0, 0.1) is 13.8 Å². The Balaban J connectivity index is 2.23. The fourth-order valence-electron chi connectivity index (χ4n) is 4.09. The van der Waals surface area contributed by atoms with Gasteiger partial charge in [0.05, 0.1) is 11.9 Å². The van der Waals surface area contributed by atoms with Crippen LogP contribution in [-0.2, 0) is 26.2 Å². The van der Waals surface area contributed by atoms with Gasteiger partial charge in [-0.15, -0.1) is 0 Å². The molecular formula is C28H41N3O4S. The second-order valence-electron chi connectivity index (χ2n) is 10.4. The number of rotatable bonds is 11. The number of carbonyl (C=O) groups excluding carboxylic acids is 2. The Morgan fingerprint density at radius 2 is 1.64 bits per heavy atom. The summed E-state index contributed by atoms with van der Waals surface area (Å²) in [6.07, 6.45) is 2.10. The molecule has 2 rings (SSSR count). The monoisotopic (exact) mass is 515 g/mol. The SMILES string of the molecule is CC[C@H](C(=O)NC(C)(C)C)N(Cc1cccc(C)c1)C(=O)CCCN(c1ccc(C)cc1)S(C)(=O)=O. The summed E-state index contributed by atoms with van der Waals surface area (Å²) in [4.78, 5) is 28.3. The van der Waals surface area contributed by atoms with Gasteiger partial charge in [-0.1, -0.05) is 54.4 Å². The predicted octanol–water partition coefficient (Wildman–Crippen LogP) is 4.57. The van der Waals surface area contributed by atoms with Gasteiger partial charge in [0.2, 0.25) is 21.8 Å². The summed E-state index contributed by atoms with van der Waals surface area (Å²) in [5, 5.41) is 3.00. The van der Waals surface area contributed by atoms with E-state index in [0.29, 0.717) is 25.1 Å². The molecule has 0 unspecified atom stereocenters. The average Bonchev–Trinajstić information content (AvgIpc) is 2.75. The highest BCUT2D eigenvalue weighted by Gasteiger charge is 2.30. The maximum atomic E-state index is 13.5. The maximum absolute atomic E-state index is 13.5. The van der Waals surface area contributed by atoms with Crippen molar-refractivity contribution in [2.75, 3.05) is 17.1 Å². The molecule has 0 fully saturated rings. The molecule has 0 radical (unpaired) electrons. The minimum Gasteiger partial charge on any atom is -0.350 e. The minimum absolute atomic E-state index is 0.128. The van der Waals surface area contributed by atoms with E-state index in [0.717, 1.165) is 16.7 Å². The van der Waals surface area contributed by atoms with Crippen molar-refractivity contribution >= 4 is 27.5 Å². The van der Waals surface area contributed by atoms with Crippen LogP contribution in [0.25, 0.3) is 0 Å². The first-order valence-electron chi connectivity index (χ1n) is 12.4. The first kappa shape index (κ1) is 29.4. The average molecular weight is 516 g/mol. The third-order valence-corrected chi connectivity index (χ3v) is 6.99. The first-order chi connectivity index (χ1) is 16.7. The van der Waals surface area contributed by atoms with Crippen LogP contribution < -0.4 is 9.62 Å². The Morgan fingerprint density at radius 3 is 2.17 bits per heavy atom. The Hall–Kier alpha value is -2.87. The molecule has 8 heteroatoms. The first-order valence-corrected chi connectivity index (χ1v) is 14.3. The number of sulfonamides is 1. The Labute approximate surface area is 216 Å². The van der Waals surface area contributed by atoms with Crippen LogP contribution >= 0.6 is 0 Å². The Kier molecular flexibility index (Phi) is 10.1. The minimum atomic E-state index is -3.51. The van der Waals surface area contributed by atoms with E-state index in [4.69, 9.17) is 0 Å². The molecule has 1 atom stereocenters. The van der Waals surface area contributed by atoms with Crippen molar-refractivity contribution in [2.24, 2.45) is 0 Å². The smallest absolute Gasteiger partial charge is 0.243 e. The van der Waals surface area contributed by atoms with Gasteiger partial charge in [0.25, 0.3) is 0 Å². The van der Waals surface area contributed by atoms with Crippen LogP contribution in [0.4, 0.5) is 5.69 Å². The van der Waals surface area contributed by atoms with E-state index in [1.807, 2.05) is 77.9 Å². The van der Waals surface area contributed by atoms with Crippen molar-refractivity contribution in [2.45, 2.75) is 78.9 Å². The lowest BCUT2D eigenvalue weighted by molar-refractivity contribution is -0.142. The number of anilines is 1. The Morgan fingerprint density at radius 1 is 1.00 bits per heavy atom. The van der Waals surface area contributed by atoms with Gasteiger partial charge in [-0.3, -0.25) is 13.9 Å². The van der Waals surface area contributed by atoms with Crippen molar-refractivity contribution in [1.29, 1.82) is 0 Å². The Bertz CT molecular complexity index is 1140. The molecule has 0 bridgehead atoms. The third-order valence-electron chi connectivity index (χ3n) is 5.79. The molecule has 1 N–H and O–H groups in total. The molecule has 2 aromatic rings. The van der Waals surface area contributed by atoms with Gasteiger partial charge in [0, 0.05) is 25.0 Å². The molecule has 0 saturated heterocycles. The van der Waals surface area contributed by atoms with Crippen molar-refractivity contribution in [3.63, 3.8) is 0 Å². The number of nitrogens with one attached hydrogen (secondary N) is 1.